The summed E-state index contributed by atoms with van der Waals surface area (Å²) in [5, 5.41) is 7.19. The summed E-state index contributed by atoms with van der Waals surface area (Å²) in [4.78, 5) is 0. The molecule has 3 aromatic rings. The zero-order valence-electron chi connectivity index (χ0n) is 16.2. The molecule has 0 bridgehead atoms. The molecule has 0 spiro atoms. The molecule has 144 valence electrons. The average molecular weight is 393 g/mol. The first-order chi connectivity index (χ1) is 13.6. The Kier molecular flexibility index (Phi) is 6.50. The van der Waals surface area contributed by atoms with Gasteiger partial charge >= 0.3 is 0 Å². The SMILES string of the molecule is COc1ccc(NC(=S)N[C@@H](c2ccccc2)c2cccc(C)c2)c(OC)c1. The first-order valence-electron chi connectivity index (χ1n) is 9.01. The van der Waals surface area contributed by atoms with E-state index < -0.39 is 0 Å². The molecular formula is C23H24N2O2S. The van der Waals surface area contributed by atoms with E-state index in [1.165, 1.54) is 5.56 Å². The van der Waals surface area contributed by atoms with Crippen molar-refractivity contribution in [3.63, 3.8) is 0 Å². The molecular weight excluding hydrogens is 368 g/mol. The van der Waals surface area contributed by atoms with Crippen molar-refractivity contribution in [1.29, 1.82) is 0 Å². The van der Waals surface area contributed by atoms with Crippen LogP contribution < -0.4 is 20.1 Å². The summed E-state index contributed by atoms with van der Waals surface area (Å²) in [6.07, 6.45) is 0. The minimum atomic E-state index is -0.0645. The molecule has 28 heavy (non-hydrogen) atoms. The molecule has 0 saturated carbocycles. The fourth-order valence-electron chi connectivity index (χ4n) is 3.05. The molecule has 0 aliphatic heterocycles. The molecule has 2 N–H and O–H groups in total. The van der Waals surface area contributed by atoms with E-state index in [4.69, 9.17) is 21.7 Å². The number of thiocarbonyl (C=S) groups is 1. The first-order valence-corrected chi connectivity index (χ1v) is 9.42. The van der Waals surface area contributed by atoms with Crippen LogP contribution in [0.25, 0.3) is 0 Å². The molecule has 0 heterocycles. The molecule has 0 amide bonds. The second kappa shape index (κ2) is 9.24. The molecule has 3 aromatic carbocycles. The Bertz CT molecular complexity index is 944. The van der Waals surface area contributed by atoms with Crippen LogP contribution in [-0.4, -0.2) is 19.3 Å². The normalized spacial score (nSPS) is 11.4. The van der Waals surface area contributed by atoms with Crippen molar-refractivity contribution >= 4 is 23.0 Å². The Labute approximate surface area is 171 Å². The van der Waals surface area contributed by atoms with Gasteiger partial charge in [-0.3, -0.25) is 0 Å². The number of anilines is 1. The van der Waals surface area contributed by atoms with Gasteiger partial charge in [-0.1, -0.05) is 60.2 Å². The van der Waals surface area contributed by atoms with Crippen LogP contribution in [0.15, 0.2) is 72.8 Å². The Morgan fingerprint density at radius 2 is 1.61 bits per heavy atom. The number of rotatable bonds is 6. The summed E-state index contributed by atoms with van der Waals surface area (Å²) in [7, 11) is 3.25. The molecule has 0 aliphatic rings. The van der Waals surface area contributed by atoms with Crippen molar-refractivity contribution in [2.75, 3.05) is 19.5 Å². The van der Waals surface area contributed by atoms with Crippen molar-refractivity contribution < 1.29 is 9.47 Å². The van der Waals surface area contributed by atoms with Crippen molar-refractivity contribution in [2.45, 2.75) is 13.0 Å². The minimum Gasteiger partial charge on any atom is -0.497 e. The van der Waals surface area contributed by atoms with Gasteiger partial charge in [-0.2, -0.15) is 0 Å². The van der Waals surface area contributed by atoms with Gasteiger partial charge in [0.25, 0.3) is 0 Å². The summed E-state index contributed by atoms with van der Waals surface area (Å²) >= 11 is 5.60. The molecule has 3 rings (SSSR count). The first kappa shape index (κ1) is 19.7. The third-order valence-electron chi connectivity index (χ3n) is 4.44. The van der Waals surface area contributed by atoms with Gasteiger partial charge in [0, 0.05) is 6.07 Å². The zero-order chi connectivity index (χ0) is 19.9. The maximum Gasteiger partial charge on any atom is 0.171 e. The van der Waals surface area contributed by atoms with E-state index >= 15 is 0 Å². The quantitative estimate of drug-likeness (QED) is 0.572. The highest BCUT2D eigenvalue weighted by atomic mass is 32.1. The molecule has 0 unspecified atom stereocenters. The van der Waals surface area contributed by atoms with Gasteiger partial charge in [-0.15, -0.1) is 0 Å². The number of ether oxygens (including phenoxy) is 2. The van der Waals surface area contributed by atoms with E-state index in [9.17, 15) is 0 Å². The van der Waals surface area contributed by atoms with Gasteiger partial charge < -0.3 is 20.1 Å². The van der Waals surface area contributed by atoms with Crippen LogP contribution in [0, 0.1) is 6.92 Å². The molecule has 0 aliphatic carbocycles. The maximum absolute atomic E-state index is 5.60. The number of hydrogen-bond donors (Lipinski definition) is 2. The van der Waals surface area contributed by atoms with Crippen LogP contribution in [0.5, 0.6) is 11.5 Å². The number of methoxy groups -OCH3 is 2. The fraction of sp³-hybridized carbons (Fsp3) is 0.174. The van der Waals surface area contributed by atoms with E-state index in [1.807, 2.05) is 36.4 Å². The van der Waals surface area contributed by atoms with Crippen molar-refractivity contribution in [1.82, 2.24) is 5.32 Å². The lowest BCUT2D eigenvalue weighted by Crippen LogP contribution is -2.33. The summed E-state index contributed by atoms with van der Waals surface area (Å²) < 4.78 is 10.7. The van der Waals surface area contributed by atoms with Crippen LogP contribution in [0.1, 0.15) is 22.7 Å². The largest absolute Gasteiger partial charge is 0.497 e. The monoisotopic (exact) mass is 392 g/mol. The Balaban J connectivity index is 1.84. The second-order valence-corrected chi connectivity index (χ2v) is 6.83. The molecule has 0 aromatic heterocycles. The number of nitrogens with one attached hydrogen (secondary N) is 2. The topological polar surface area (TPSA) is 42.5 Å². The Hall–Kier alpha value is -3.05. The van der Waals surface area contributed by atoms with Gasteiger partial charge in [0.15, 0.2) is 5.11 Å². The number of aryl methyl sites for hydroxylation is 1. The molecule has 4 nitrogen and oxygen atoms in total. The van der Waals surface area contributed by atoms with Crippen LogP contribution in [0.3, 0.4) is 0 Å². The highest BCUT2D eigenvalue weighted by Gasteiger charge is 2.16. The smallest absolute Gasteiger partial charge is 0.171 e. The van der Waals surface area contributed by atoms with Crippen molar-refractivity contribution in [2.24, 2.45) is 0 Å². The maximum atomic E-state index is 5.60. The summed E-state index contributed by atoms with van der Waals surface area (Å²) in [5.41, 5.74) is 4.27. The van der Waals surface area contributed by atoms with Gasteiger partial charge in [0.05, 0.1) is 25.9 Å². The highest BCUT2D eigenvalue weighted by molar-refractivity contribution is 7.80. The molecule has 0 fully saturated rings. The predicted molar refractivity (Wildman–Crippen MR) is 118 cm³/mol. The Morgan fingerprint density at radius 3 is 2.29 bits per heavy atom. The second-order valence-electron chi connectivity index (χ2n) is 6.42. The lowest BCUT2D eigenvalue weighted by atomic mass is 9.97. The van der Waals surface area contributed by atoms with Gasteiger partial charge in [-0.25, -0.2) is 0 Å². The van der Waals surface area contributed by atoms with E-state index in [0.29, 0.717) is 10.9 Å². The molecule has 0 saturated heterocycles. The van der Waals surface area contributed by atoms with E-state index in [1.54, 1.807) is 14.2 Å². The third-order valence-corrected chi connectivity index (χ3v) is 4.66. The van der Waals surface area contributed by atoms with Gasteiger partial charge in [-0.05, 0) is 42.4 Å². The average Bonchev–Trinajstić information content (AvgIpc) is 2.73. The van der Waals surface area contributed by atoms with Crippen LogP contribution in [0.2, 0.25) is 0 Å². The van der Waals surface area contributed by atoms with Gasteiger partial charge in [0.2, 0.25) is 0 Å². The Morgan fingerprint density at radius 1 is 0.857 bits per heavy atom. The van der Waals surface area contributed by atoms with E-state index in [0.717, 1.165) is 22.6 Å². The minimum absolute atomic E-state index is 0.0645. The summed E-state index contributed by atoms with van der Waals surface area (Å²) in [6, 6.07) is 24.2. The van der Waals surface area contributed by atoms with E-state index in [2.05, 4.69) is 54.0 Å². The van der Waals surface area contributed by atoms with Crippen LogP contribution in [-0.2, 0) is 0 Å². The van der Waals surface area contributed by atoms with Crippen molar-refractivity contribution in [3.05, 3.63) is 89.5 Å². The third kappa shape index (κ3) is 4.81. The van der Waals surface area contributed by atoms with Crippen molar-refractivity contribution in [3.8, 4) is 11.5 Å². The van der Waals surface area contributed by atoms with Gasteiger partial charge in [0.1, 0.15) is 11.5 Å². The van der Waals surface area contributed by atoms with E-state index in [-0.39, 0.29) is 6.04 Å². The number of hydrogen-bond acceptors (Lipinski definition) is 3. The zero-order valence-corrected chi connectivity index (χ0v) is 17.0. The molecule has 5 heteroatoms. The lowest BCUT2D eigenvalue weighted by Gasteiger charge is -2.23. The van der Waals surface area contributed by atoms with Crippen LogP contribution >= 0.6 is 12.2 Å². The predicted octanol–water partition coefficient (Wildman–Crippen LogP) is 5.09. The van der Waals surface area contributed by atoms with Crippen LogP contribution in [0.4, 0.5) is 5.69 Å². The summed E-state index contributed by atoms with van der Waals surface area (Å²) in [6.45, 7) is 2.09. The highest BCUT2D eigenvalue weighted by Crippen LogP contribution is 2.29. The fourth-order valence-corrected chi connectivity index (χ4v) is 3.27. The molecule has 1 atom stereocenters. The number of benzene rings is 3. The summed E-state index contributed by atoms with van der Waals surface area (Å²) in [5.74, 6) is 1.39. The lowest BCUT2D eigenvalue weighted by molar-refractivity contribution is 0.395. The standard InChI is InChI=1S/C23H24N2O2S/c1-16-8-7-11-18(14-16)22(17-9-5-4-6-10-17)25-23(28)24-20-13-12-19(26-2)15-21(20)27-3/h4-15,22H,1-3H3,(H2,24,25,28)/t22-/m0/s1. The molecule has 0 radical (unpaired) electrons.